The number of non-ortho nitro benzene ring substituents is 1. The number of nitrogens with one attached hydrogen (secondary N) is 1. The molecule has 8 atom stereocenters. The number of hydrogen-bond donors (Lipinski definition) is 1. The van der Waals surface area contributed by atoms with Gasteiger partial charge in [-0.2, -0.15) is 0 Å². The van der Waals surface area contributed by atoms with Crippen LogP contribution in [0.1, 0.15) is 62.8 Å². The lowest BCUT2D eigenvalue weighted by molar-refractivity contribution is -0.384. The van der Waals surface area contributed by atoms with Gasteiger partial charge in [0.15, 0.2) is 0 Å². The first-order chi connectivity index (χ1) is 15.1. The summed E-state index contributed by atoms with van der Waals surface area (Å²) in [6.07, 6.45) is 8.73. The Morgan fingerprint density at radius 3 is 1.71 bits per heavy atom. The Morgan fingerprint density at radius 2 is 1.23 bits per heavy atom. The van der Waals surface area contributed by atoms with Gasteiger partial charge in [-0.25, -0.2) is 0 Å². The number of nitro groups is 1. The largest absolute Gasteiger partial charge is 0.309 e. The summed E-state index contributed by atoms with van der Waals surface area (Å²) in [6, 6.07) is 7.00. The van der Waals surface area contributed by atoms with Gasteiger partial charge in [0.1, 0.15) is 11.6 Å². The zero-order chi connectivity index (χ0) is 21.3. The topological polar surface area (TPSA) is 89.3 Å². The lowest BCUT2D eigenvalue weighted by atomic mass is 9.67. The zero-order valence-electron chi connectivity index (χ0n) is 17.7. The van der Waals surface area contributed by atoms with Gasteiger partial charge >= 0.3 is 0 Å². The Bertz CT molecular complexity index is 882. The molecule has 1 N–H and O–H groups in total. The van der Waals surface area contributed by atoms with Gasteiger partial charge in [0.05, 0.1) is 4.92 Å². The summed E-state index contributed by atoms with van der Waals surface area (Å²) in [5, 5.41) is 15.1. The fourth-order valence-corrected chi connectivity index (χ4v) is 8.20. The number of nitrogens with zero attached hydrogens (tertiary/aromatic N) is 1. The average Bonchev–Trinajstić information content (AvgIpc) is 3.25. The van der Waals surface area contributed by atoms with Gasteiger partial charge in [-0.05, 0) is 43.1 Å². The first kappa shape index (κ1) is 19.6. The smallest absolute Gasteiger partial charge is 0.269 e. The standard InChI is InChI=1S/C25H30N2O4/c28-24-17-7-3-1-5-15(17)22-20(24)19(13-9-11-14(12-10-13)27(30)31)21-23(26-22)16-6-2-4-8-18(16)25(21)29/h9-12,15-23,26H,1-8H2. The van der Waals surface area contributed by atoms with Crippen molar-refractivity contribution in [3.63, 3.8) is 0 Å². The van der Waals surface area contributed by atoms with E-state index < -0.39 is 0 Å². The molecule has 0 bridgehead atoms. The van der Waals surface area contributed by atoms with E-state index >= 15 is 0 Å². The Morgan fingerprint density at radius 1 is 0.742 bits per heavy atom. The molecule has 6 heteroatoms. The molecule has 5 aliphatic rings. The van der Waals surface area contributed by atoms with Crippen molar-refractivity contribution in [2.24, 2.45) is 35.5 Å². The number of rotatable bonds is 2. The minimum atomic E-state index is -0.387. The highest BCUT2D eigenvalue weighted by Crippen LogP contribution is 2.58. The Hall–Kier alpha value is -2.08. The van der Waals surface area contributed by atoms with Crippen LogP contribution in [-0.2, 0) is 9.59 Å². The van der Waals surface area contributed by atoms with Crippen LogP contribution in [0.5, 0.6) is 0 Å². The lowest BCUT2D eigenvalue weighted by Gasteiger charge is -2.45. The third-order valence-corrected chi connectivity index (χ3v) is 9.37. The molecule has 1 aromatic rings. The van der Waals surface area contributed by atoms with E-state index in [0.717, 1.165) is 44.1 Å². The van der Waals surface area contributed by atoms with Crippen LogP contribution in [0.3, 0.4) is 0 Å². The van der Waals surface area contributed by atoms with E-state index in [1.54, 1.807) is 12.1 Å². The number of benzene rings is 1. The third kappa shape index (κ3) is 2.80. The van der Waals surface area contributed by atoms with E-state index in [4.69, 9.17) is 0 Å². The van der Waals surface area contributed by atoms with Crippen LogP contribution in [0.2, 0.25) is 0 Å². The van der Waals surface area contributed by atoms with Gasteiger partial charge in [-0.1, -0.05) is 37.8 Å². The number of Topliss-reactive ketones (excluding diaryl/α,β-unsaturated/α-hetero) is 2. The molecule has 0 spiro atoms. The van der Waals surface area contributed by atoms with Gasteiger partial charge in [-0.3, -0.25) is 19.7 Å². The van der Waals surface area contributed by atoms with Crippen molar-refractivity contribution < 1.29 is 14.5 Å². The van der Waals surface area contributed by atoms with E-state index in [9.17, 15) is 19.7 Å². The molecule has 5 fully saturated rings. The maximum Gasteiger partial charge on any atom is 0.269 e. The summed E-state index contributed by atoms with van der Waals surface area (Å²) in [5.74, 6) is 1.17. The number of carbonyl (C=O) groups excluding carboxylic acids is 2. The average molecular weight is 423 g/mol. The van der Waals surface area contributed by atoms with Crippen molar-refractivity contribution >= 4 is 17.3 Å². The van der Waals surface area contributed by atoms with Crippen LogP contribution < -0.4 is 5.32 Å². The summed E-state index contributed by atoms with van der Waals surface area (Å²) in [5.41, 5.74) is 1.000. The van der Waals surface area contributed by atoms with Crippen molar-refractivity contribution in [2.45, 2.75) is 69.4 Å². The van der Waals surface area contributed by atoms with Gasteiger partial charge in [-0.15, -0.1) is 0 Å². The monoisotopic (exact) mass is 422 g/mol. The highest BCUT2D eigenvalue weighted by molar-refractivity contribution is 5.93. The Labute approximate surface area is 182 Å². The van der Waals surface area contributed by atoms with Crippen LogP contribution in [0.4, 0.5) is 5.69 Å². The highest BCUT2D eigenvalue weighted by atomic mass is 16.6. The van der Waals surface area contributed by atoms with Crippen LogP contribution in [-0.4, -0.2) is 28.6 Å². The molecule has 1 saturated heterocycles. The summed E-state index contributed by atoms with van der Waals surface area (Å²) in [4.78, 5) is 38.2. The minimum absolute atomic E-state index is 0.0589. The molecule has 0 amide bonds. The van der Waals surface area contributed by atoms with Crippen LogP contribution >= 0.6 is 0 Å². The van der Waals surface area contributed by atoms with Crippen LogP contribution in [0, 0.1) is 45.6 Å². The van der Waals surface area contributed by atoms with Gasteiger partial charge in [0.2, 0.25) is 0 Å². The number of nitro benzene ring substituents is 1. The van der Waals surface area contributed by atoms with Crippen molar-refractivity contribution in [1.29, 1.82) is 0 Å². The second-order valence-corrected chi connectivity index (χ2v) is 10.6. The molecule has 1 heterocycles. The lowest BCUT2D eigenvalue weighted by Crippen LogP contribution is -2.58. The minimum Gasteiger partial charge on any atom is -0.309 e. The Balaban J connectivity index is 1.45. The number of piperidine rings is 1. The summed E-state index contributed by atoms with van der Waals surface area (Å²) in [7, 11) is 0. The predicted octanol–water partition coefficient (Wildman–Crippen LogP) is 4.03. The van der Waals surface area contributed by atoms with Gasteiger partial charge < -0.3 is 5.32 Å². The number of fused-ring (bicyclic) bond motifs is 6. The molecule has 0 aromatic heterocycles. The molecule has 31 heavy (non-hydrogen) atoms. The molecule has 1 aromatic carbocycles. The van der Waals surface area contributed by atoms with Gasteiger partial charge in [0.25, 0.3) is 5.69 Å². The summed E-state index contributed by atoms with van der Waals surface area (Å²) < 4.78 is 0. The number of ketones is 2. The molecule has 8 unspecified atom stereocenters. The molecule has 6 rings (SSSR count). The molecule has 4 saturated carbocycles. The molecule has 0 radical (unpaired) electrons. The van der Waals surface area contributed by atoms with E-state index in [2.05, 4.69) is 5.32 Å². The molecule has 4 aliphatic carbocycles. The van der Waals surface area contributed by atoms with Gasteiger partial charge in [0, 0.05) is 53.8 Å². The van der Waals surface area contributed by atoms with E-state index in [1.807, 2.05) is 12.1 Å². The van der Waals surface area contributed by atoms with E-state index in [1.165, 1.54) is 12.8 Å². The zero-order valence-corrected chi connectivity index (χ0v) is 17.7. The highest BCUT2D eigenvalue weighted by Gasteiger charge is 2.64. The Kier molecular flexibility index (Phi) is 4.57. The molecular formula is C25H30N2O4. The normalized spacial score (nSPS) is 43.7. The van der Waals surface area contributed by atoms with Crippen molar-refractivity contribution in [3.8, 4) is 0 Å². The summed E-state index contributed by atoms with van der Waals surface area (Å²) in [6.45, 7) is 0. The molecule has 6 nitrogen and oxygen atoms in total. The third-order valence-electron chi connectivity index (χ3n) is 9.37. The fourth-order valence-electron chi connectivity index (χ4n) is 8.20. The first-order valence-electron chi connectivity index (χ1n) is 12.1. The van der Waals surface area contributed by atoms with E-state index in [0.29, 0.717) is 23.4 Å². The van der Waals surface area contributed by atoms with Crippen molar-refractivity contribution in [2.75, 3.05) is 0 Å². The number of carbonyl (C=O) groups is 2. The summed E-state index contributed by atoms with van der Waals surface area (Å²) >= 11 is 0. The molecular weight excluding hydrogens is 392 g/mol. The van der Waals surface area contributed by atoms with Crippen LogP contribution in [0.15, 0.2) is 24.3 Å². The SMILES string of the molecule is O=C1C2CCCCC2C2NC3C4CCCCC4C(=O)C3C(c3ccc([N+](=O)[O-])cc3)C12. The second-order valence-electron chi connectivity index (χ2n) is 10.6. The second kappa shape index (κ2) is 7.22. The van der Waals surface area contributed by atoms with Crippen molar-refractivity contribution in [3.05, 3.63) is 39.9 Å². The van der Waals surface area contributed by atoms with Crippen molar-refractivity contribution in [1.82, 2.24) is 5.32 Å². The number of hydrogen-bond acceptors (Lipinski definition) is 5. The first-order valence-corrected chi connectivity index (χ1v) is 12.1. The molecule has 164 valence electrons. The maximum absolute atomic E-state index is 13.7. The molecule has 1 aliphatic heterocycles. The van der Waals surface area contributed by atoms with Crippen LogP contribution in [0.25, 0.3) is 0 Å². The van der Waals surface area contributed by atoms with E-state index in [-0.39, 0.29) is 52.3 Å². The maximum atomic E-state index is 13.7. The fraction of sp³-hybridized carbons (Fsp3) is 0.680. The predicted molar refractivity (Wildman–Crippen MR) is 114 cm³/mol. The quantitative estimate of drug-likeness (QED) is 0.574.